The van der Waals surface area contributed by atoms with Gasteiger partial charge < -0.3 is 10.1 Å². The van der Waals surface area contributed by atoms with Gasteiger partial charge in [0.1, 0.15) is 5.69 Å². The molecule has 0 saturated carbocycles. The molecule has 4 nitrogen and oxygen atoms in total. The fourth-order valence-electron chi connectivity index (χ4n) is 1.71. The Morgan fingerprint density at radius 3 is 2.78 bits per heavy atom. The SMILES string of the molecule is CCC(C)n1ncc(CNCCOC)c1C(F)F. The number of aromatic nitrogens is 2. The summed E-state index contributed by atoms with van der Waals surface area (Å²) in [5, 5.41) is 7.13. The number of ether oxygens (including phenoxy) is 1. The third-order valence-corrected chi connectivity index (χ3v) is 2.93. The summed E-state index contributed by atoms with van der Waals surface area (Å²) < 4.78 is 32.5. The Balaban J connectivity index is 2.75. The van der Waals surface area contributed by atoms with Crippen LogP contribution in [0.2, 0.25) is 0 Å². The van der Waals surface area contributed by atoms with E-state index in [1.54, 1.807) is 7.11 Å². The molecule has 6 heteroatoms. The number of nitrogens with zero attached hydrogens (tertiary/aromatic N) is 2. The molecule has 18 heavy (non-hydrogen) atoms. The summed E-state index contributed by atoms with van der Waals surface area (Å²) in [6.45, 7) is 5.43. The van der Waals surface area contributed by atoms with E-state index in [-0.39, 0.29) is 11.7 Å². The highest BCUT2D eigenvalue weighted by molar-refractivity contribution is 5.19. The molecule has 0 saturated heterocycles. The van der Waals surface area contributed by atoms with Crippen LogP contribution in [0.3, 0.4) is 0 Å². The third-order valence-electron chi connectivity index (χ3n) is 2.93. The van der Waals surface area contributed by atoms with Crippen molar-refractivity contribution < 1.29 is 13.5 Å². The molecule has 0 spiro atoms. The van der Waals surface area contributed by atoms with Gasteiger partial charge in [-0.3, -0.25) is 4.68 Å². The molecule has 1 aromatic rings. The third kappa shape index (κ3) is 3.74. The zero-order valence-electron chi connectivity index (χ0n) is 11.1. The van der Waals surface area contributed by atoms with Crippen LogP contribution in [0.15, 0.2) is 6.20 Å². The van der Waals surface area contributed by atoms with Gasteiger partial charge in [0, 0.05) is 31.8 Å². The maximum atomic E-state index is 13.1. The fourth-order valence-corrected chi connectivity index (χ4v) is 1.71. The first-order valence-electron chi connectivity index (χ1n) is 6.15. The number of rotatable bonds is 8. The molecular weight excluding hydrogens is 240 g/mol. The minimum atomic E-state index is -2.50. The molecule has 1 heterocycles. The van der Waals surface area contributed by atoms with Gasteiger partial charge in [0.05, 0.1) is 12.8 Å². The van der Waals surface area contributed by atoms with Crippen LogP contribution in [0.25, 0.3) is 0 Å². The van der Waals surface area contributed by atoms with Gasteiger partial charge in [-0.1, -0.05) is 6.92 Å². The van der Waals surface area contributed by atoms with Crippen molar-refractivity contribution in [2.24, 2.45) is 0 Å². The smallest absolute Gasteiger partial charge is 0.280 e. The predicted octanol–water partition coefficient (Wildman–Crippen LogP) is 2.53. The van der Waals surface area contributed by atoms with E-state index in [0.717, 1.165) is 6.42 Å². The number of nitrogens with one attached hydrogen (secondary N) is 1. The number of methoxy groups -OCH3 is 1. The van der Waals surface area contributed by atoms with Gasteiger partial charge in [-0.25, -0.2) is 8.78 Å². The molecule has 0 amide bonds. The maximum Gasteiger partial charge on any atom is 0.280 e. The Labute approximate surface area is 106 Å². The number of hydrogen-bond donors (Lipinski definition) is 1. The molecule has 0 bridgehead atoms. The molecule has 0 fully saturated rings. The zero-order chi connectivity index (χ0) is 13.5. The van der Waals surface area contributed by atoms with Crippen LogP contribution >= 0.6 is 0 Å². The fraction of sp³-hybridized carbons (Fsp3) is 0.750. The Bertz CT molecular complexity index is 355. The quantitative estimate of drug-likeness (QED) is 0.731. The van der Waals surface area contributed by atoms with Gasteiger partial charge in [0.15, 0.2) is 0 Å². The van der Waals surface area contributed by atoms with E-state index in [0.29, 0.717) is 25.3 Å². The number of alkyl halides is 2. The molecule has 1 unspecified atom stereocenters. The van der Waals surface area contributed by atoms with E-state index in [4.69, 9.17) is 4.74 Å². The van der Waals surface area contributed by atoms with Gasteiger partial charge in [-0.05, 0) is 13.3 Å². The van der Waals surface area contributed by atoms with E-state index in [2.05, 4.69) is 10.4 Å². The van der Waals surface area contributed by atoms with E-state index in [1.165, 1.54) is 10.9 Å². The Morgan fingerprint density at radius 2 is 2.22 bits per heavy atom. The second kappa shape index (κ2) is 7.43. The topological polar surface area (TPSA) is 39.1 Å². The molecule has 1 N–H and O–H groups in total. The summed E-state index contributed by atoms with van der Waals surface area (Å²) in [6.07, 6.45) is -0.202. The summed E-state index contributed by atoms with van der Waals surface area (Å²) in [5.74, 6) is 0. The van der Waals surface area contributed by atoms with Gasteiger partial charge in [0.25, 0.3) is 6.43 Å². The molecule has 104 valence electrons. The Hall–Kier alpha value is -1.01. The van der Waals surface area contributed by atoms with E-state index >= 15 is 0 Å². The molecular formula is C12H21F2N3O. The summed E-state index contributed by atoms with van der Waals surface area (Å²) >= 11 is 0. The highest BCUT2D eigenvalue weighted by atomic mass is 19.3. The highest BCUT2D eigenvalue weighted by Crippen LogP contribution is 2.26. The standard InChI is InChI=1S/C12H21F2N3O/c1-4-9(2)17-11(12(13)14)10(8-16-17)7-15-5-6-18-3/h8-9,12,15H,4-7H2,1-3H3. The maximum absolute atomic E-state index is 13.1. The van der Waals surface area contributed by atoms with Crippen LogP contribution in [0.4, 0.5) is 8.78 Å². The van der Waals surface area contributed by atoms with E-state index in [1.807, 2.05) is 13.8 Å². The van der Waals surface area contributed by atoms with Crippen molar-refractivity contribution in [2.45, 2.75) is 39.3 Å². The minimum absolute atomic E-state index is 0.0123. The lowest BCUT2D eigenvalue weighted by Gasteiger charge is -2.14. The monoisotopic (exact) mass is 261 g/mol. The second-order valence-electron chi connectivity index (χ2n) is 4.23. The van der Waals surface area contributed by atoms with Gasteiger partial charge in [0.2, 0.25) is 0 Å². The molecule has 0 aliphatic heterocycles. The first kappa shape index (κ1) is 15.0. The molecule has 1 atom stereocenters. The van der Waals surface area contributed by atoms with Crippen LogP contribution in [-0.4, -0.2) is 30.0 Å². The summed E-state index contributed by atoms with van der Waals surface area (Å²) in [7, 11) is 1.60. The normalized spacial score (nSPS) is 13.2. The lowest BCUT2D eigenvalue weighted by Crippen LogP contribution is -2.19. The van der Waals surface area contributed by atoms with Crippen molar-refractivity contribution >= 4 is 0 Å². The van der Waals surface area contributed by atoms with Crippen molar-refractivity contribution in [2.75, 3.05) is 20.3 Å². The number of hydrogen-bond acceptors (Lipinski definition) is 3. The Kier molecular flexibility index (Phi) is 6.21. The minimum Gasteiger partial charge on any atom is -0.383 e. The van der Waals surface area contributed by atoms with Gasteiger partial charge in [-0.15, -0.1) is 0 Å². The van der Waals surface area contributed by atoms with Crippen molar-refractivity contribution in [3.05, 3.63) is 17.5 Å². The average molecular weight is 261 g/mol. The zero-order valence-corrected chi connectivity index (χ0v) is 11.1. The molecule has 0 aliphatic rings. The van der Waals surface area contributed by atoms with Crippen LogP contribution in [0, 0.1) is 0 Å². The lowest BCUT2D eigenvalue weighted by atomic mass is 10.2. The van der Waals surface area contributed by atoms with Crippen LogP contribution < -0.4 is 5.32 Å². The van der Waals surface area contributed by atoms with E-state index < -0.39 is 6.43 Å². The predicted molar refractivity (Wildman–Crippen MR) is 65.8 cm³/mol. The highest BCUT2D eigenvalue weighted by Gasteiger charge is 2.21. The number of halogens is 2. The molecule has 0 aliphatic carbocycles. The van der Waals surface area contributed by atoms with Crippen molar-refractivity contribution in [3.63, 3.8) is 0 Å². The van der Waals surface area contributed by atoms with Crippen LogP contribution in [-0.2, 0) is 11.3 Å². The Morgan fingerprint density at radius 1 is 1.50 bits per heavy atom. The van der Waals surface area contributed by atoms with Crippen molar-refractivity contribution in [3.8, 4) is 0 Å². The first-order chi connectivity index (χ1) is 8.61. The first-order valence-corrected chi connectivity index (χ1v) is 6.15. The molecule has 0 aromatic carbocycles. The van der Waals surface area contributed by atoms with Crippen molar-refractivity contribution in [1.82, 2.24) is 15.1 Å². The average Bonchev–Trinajstić information content (AvgIpc) is 2.77. The van der Waals surface area contributed by atoms with Crippen LogP contribution in [0.1, 0.15) is 44.0 Å². The lowest BCUT2D eigenvalue weighted by molar-refractivity contribution is 0.134. The summed E-state index contributed by atoms with van der Waals surface area (Å²) in [6, 6.07) is -0.0123. The molecule has 1 rings (SSSR count). The van der Waals surface area contributed by atoms with Gasteiger partial charge >= 0.3 is 0 Å². The van der Waals surface area contributed by atoms with Crippen LogP contribution in [0.5, 0.6) is 0 Å². The largest absolute Gasteiger partial charge is 0.383 e. The summed E-state index contributed by atoms with van der Waals surface area (Å²) in [5.41, 5.74) is 0.579. The van der Waals surface area contributed by atoms with Crippen molar-refractivity contribution in [1.29, 1.82) is 0 Å². The molecule has 1 aromatic heterocycles. The van der Waals surface area contributed by atoms with E-state index in [9.17, 15) is 8.78 Å². The second-order valence-corrected chi connectivity index (χ2v) is 4.23. The van der Waals surface area contributed by atoms with Gasteiger partial charge in [-0.2, -0.15) is 5.10 Å². The summed E-state index contributed by atoms with van der Waals surface area (Å²) in [4.78, 5) is 0. The molecule has 0 radical (unpaired) electrons.